The number of fused-ring (bicyclic) bond motifs is 3. The molecule has 2 aliphatic rings. The molecule has 1 amide bonds. The summed E-state index contributed by atoms with van der Waals surface area (Å²) < 4.78 is 0. The number of hydrogen-bond donors (Lipinski definition) is 1. The highest BCUT2D eigenvalue weighted by molar-refractivity contribution is 8.03. The summed E-state index contributed by atoms with van der Waals surface area (Å²) in [6, 6.07) is 19.4. The van der Waals surface area contributed by atoms with Crippen molar-refractivity contribution < 1.29 is 4.79 Å². The van der Waals surface area contributed by atoms with Crippen LogP contribution in [-0.2, 0) is 0 Å². The lowest BCUT2D eigenvalue weighted by Gasteiger charge is -2.26. The van der Waals surface area contributed by atoms with Gasteiger partial charge < -0.3 is 10.2 Å². The maximum atomic E-state index is 12.4. The van der Waals surface area contributed by atoms with Crippen molar-refractivity contribution in [1.29, 1.82) is 5.26 Å². The fraction of sp³-hybridized carbons (Fsp3) is 0.0526. The summed E-state index contributed by atoms with van der Waals surface area (Å²) in [6.07, 6.45) is 1.77. The smallest absolute Gasteiger partial charge is 0.255 e. The molecule has 4 nitrogen and oxygen atoms in total. The second-order valence-electron chi connectivity index (χ2n) is 5.48. The zero-order chi connectivity index (χ0) is 16.5. The van der Waals surface area contributed by atoms with Gasteiger partial charge in [0.05, 0.1) is 22.8 Å². The predicted octanol–water partition coefficient (Wildman–Crippen LogP) is 3.66. The Morgan fingerprint density at radius 2 is 1.88 bits per heavy atom. The van der Waals surface area contributed by atoms with E-state index in [2.05, 4.69) is 16.3 Å². The number of benzene rings is 2. The third-order valence-corrected chi connectivity index (χ3v) is 5.11. The van der Waals surface area contributed by atoms with E-state index in [1.807, 2.05) is 42.5 Å². The van der Waals surface area contributed by atoms with E-state index in [1.54, 1.807) is 30.0 Å². The summed E-state index contributed by atoms with van der Waals surface area (Å²) >= 11 is 1.60. The van der Waals surface area contributed by atoms with E-state index in [1.165, 1.54) is 0 Å². The van der Waals surface area contributed by atoms with E-state index in [0.717, 1.165) is 21.3 Å². The van der Waals surface area contributed by atoms with Crippen LogP contribution in [0.4, 0.5) is 5.69 Å². The summed E-state index contributed by atoms with van der Waals surface area (Å²) in [4.78, 5) is 15.6. The van der Waals surface area contributed by atoms with Crippen molar-refractivity contribution in [3.8, 4) is 6.07 Å². The van der Waals surface area contributed by atoms with Gasteiger partial charge in [0.1, 0.15) is 6.07 Å². The quantitative estimate of drug-likeness (QED) is 0.912. The Bertz CT molecular complexity index is 925. The molecule has 24 heavy (non-hydrogen) atoms. The molecular formula is C19H13N3OS. The molecule has 2 aromatic carbocycles. The predicted molar refractivity (Wildman–Crippen MR) is 94.3 cm³/mol. The van der Waals surface area contributed by atoms with Crippen molar-refractivity contribution in [3.05, 3.63) is 82.5 Å². The molecule has 0 bridgehead atoms. The summed E-state index contributed by atoms with van der Waals surface area (Å²) in [5.41, 5.74) is 2.97. The van der Waals surface area contributed by atoms with Crippen LogP contribution in [0.25, 0.3) is 0 Å². The maximum absolute atomic E-state index is 12.4. The normalized spacial score (nSPS) is 15.3. The number of carbonyl (C=O) groups is 1. The minimum Gasteiger partial charge on any atom is -0.328 e. The number of rotatable bonds is 2. The van der Waals surface area contributed by atoms with Crippen molar-refractivity contribution in [2.24, 2.45) is 0 Å². The van der Waals surface area contributed by atoms with Crippen LogP contribution in [0.1, 0.15) is 10.4 Å². The highest BCUT2D eigenvalue weighted by Crippen LogP contribution is 2.48. The van der Waals surface area contributed by atoms with Gasteiger partial charge in [0.25, 0.3) is 5.91 Å². The van der Waals surface area contributed by atoms with Gasteiger partial charge in [-0.1, -0.05) is 42.1 Å². The van der Waals surface area contributed by atoms with E-state index in [0.29, 0.717) is 17.7 Å². The first-order valence-corrected chi connectivity index (χ1v) is 8.33. The number of carbonyl (C=O) groups excluding carboxylic acids is 1. The molecule has 0 unspecified atom stereocenters. The first-order valence-electron chi connectivity index (χ1n) is 7.52. The van der Waals surface area contributed by atoms with E-state index < -0.39 is 0 Å². The van der Waals surface area contributed by atoms with E-state index in [4.69, 9.17) is 0 Å². The van der Waals surface area contributed by atoms with Gasteiger partial charge in [-0.15, -0.1) is 0 Å². The summed E-state index contributed by atoms with van der Waals surface area (Å²) in [5, 5.41) is 13.3. The van der Waals surface area contributed by atoms with E-state index in [9.17, 15) is 10.1 Å². The summed E-state index contributed by atoms with van der Waals surface area (Å²) in [5.74, 6) is -0.164. The molecular weight excluding hydrogens is 318 g/mol. The van der Waals surface area contributed by atoms with Crippen LogP contribution in [0.5, 0.6) is 0 Å². The van der Waals surface area contributed by atoms with Crippen molar-refractivity contribution in [2.45, 2.75) is 4.90 Å². The molecule has 5 heteroatoms. The zero-order valence-electron chi connectivity index (χ0n) is 12.7. The molecule has 0 radical (unpaired) electrons. The lowest BCUT2D eigenvalue weighted by Crippen LogP contribution is -2.34. The molecule has 0 atom stereocenters. The zero-order valence-corrected chi connectivity index (χ0v) is 13.5. The summed E-state index contributed by atoms with van der Waals surface area (Å²) in [7, 11) is 0. The van der Waals surface area contributed by atoms with E-state index in [-0.39, 0.29) is 5.91 Å². The van der Waals surface area contributed by atoms with Gasteiger partial charge in [-0.2, -0.15) is 5.26 Å². The molecule has 0 spiro atoms. The van der Waals surface area contributed by atoms with Crippen LogP contribution in [0, 0.1) is 11.3 Å². The molecule has 4 rings (SSSR count). The van der Waals surface area contributed by atoms with Crippen molar-refractivity contribution in [2.75, 3.05) is 11.4 Å². The topological polar surface area (TPSA) is 56.1 Å². The van der Waals surface area contributed by atoms with Gasteiger partial charge >= 0.3 is 0 Å². The molecule has 0 fully saturated rings. The molecule has 2 aromatic rings. The lowest BCUT2D eigenvalue weighted by molar-refractivity contribution is 0.0965. The Morgan fingerprint density at radius 1 is 1.12 bits per heavy atom. The largest absolute Gasteiger partial charge is 0.328 e. The number of nitrogens with zero attached hydrogens (tertiary/aromatic N) is 2. The minimum atomic E-state index is -0.164. The van der Waals surface area contributed by atoms with Gasteiger partial charge in [-0.25, -0.2) is 0 Å². The van der Waals surface area contributed by atoms with Crippen molar-refractivity contribution in [1.82, 2.24) is 5.32 Å². The molecule has 0 aliphatic carbocycles. The third kappa shape index (κ3) is 2.47. The molecule has 116 valence electrons. The Labute approximate surface area is 144 Å². The fourth-order valence-corrected chi connectivity index (χ4v) is 3.93. The SMILES string of the molecule is N#CC1=C2Sc3ccccc3N2CC(NC(=O)c2ccccc2)=C1. The Hall–Kier alpha value is -2.97. The molecule has 1 N–H and O–H groups in total. The second-order valence-corrected chi connectivity index (χ2v) is 6.51. The Balaban J connectivity index is 1.64. The highest BCUT2D eigenvalue weighted by atomic mass is 32.2. The second kappa shape index (κ2) is 5.91. The fourth-order valence-electron chi connectivity index (χ4n) is 2.81. The summed E-state index contributed by atoms with van der Waals surface area (Å²) in [6.45, 7) is 0.545. The standard InChI is InChI=1S/C19H13N3OS/c20-11-14-10-15(21-18(23)13-6-2-1-3-7-13)12-22-16-8-4-5-9-17(16)24-19(14)22/h1-10H,12H2,(H,21,23). The first kappa shape index (κ1) is 14.6. The number of nitriles is 1. The Kier molecular flexibility index (Phi) is 3.60. The van der Waals surface area contributed by atoms with Crippen LogP contribution < -0.4 is 10.2 Å². The van der Waals surface area contributed by atoms with Crippen LogP contribution in [-0.4, -0.2) is 12.5 Å². The van der Waals surface area contributed by atoms with Gasteiger partial charge in [0.2, 0.25) is 0 Å². The van der Waals surface area contributed by atoms with Gasteiger partial charge in [0, 0.05) is 16.2 Å². The van der Waals surface area contributed by atoms with Gasteiger partial charge in [-0.3, -0.25) is 4.79 Å². The number of amides is 1. The van der Waals surface area contributed by atoms with E-state index >= 15 is 0 Å². The number of allylic oxidation sites excluding steroid dienone is 2. The Morgan fingerprint density at radius 3 is 2.67 bits per heavy atom. The van der Waals surface area contributed by atoms with Crippen LogP contribution in [0.3, 0.4) is 0 Å². The number of hydrogen-bond acceptors (Lipinski definition) is 4. The minimum absolute atomic E-state index is 0.164. The number of anilines is 1. The molecule has 2 heterocycles. The molecule has 0 saturated heterocycles. The molecule has 2 aliphatic heterocycles. The number of thioether (sulfide) groups is 1. The van der Waals surface area contributed by atoms with Crippen LogP contribution >= 0.6 is 11.8 Å². The number of nitrogens with one attached hydrogen (secondary N) is 1. The highest BCUT2D eigenvalue weighted by Gasteiger charge is 2.31. The van der Waals surface area contributed by atoms with Crippen molar-refractivity contribution in [3.63, 3.8) is 0 Å². The van der Waals surface area contributed by atoms with Gasteiger partial charge in [0.15, 0.2) is 0 Å². The monoisotopic (exact) mass is 331 g/mol. The number of para-hydroxylation sites is 1. The molecule has 0 saturated carbocycles. The average molecular weight is 331 g/mol. The average Bonchev–Trinajstić information content (AvgIpc) is 3.00. The molecule has 0 aromatic heterocycles. The third-order valence-electron chi connectivity index (χ3n) is 3.92. The van der Waals surface area contributed by atoms with Crippen molar-refractivity contribution >= 4 is 23.4 Å². The maximum Gasteiger partial charge on any atom is 0.255 e. The van der Waals surface area contributed by atoms with Crippen LogP contribution in [0.2, 0.25) is 0 Å². The van der Waals surface area contributed by atoms with Gasteiger partial charge in [-0.05, 0) is 30.3 Å². The van der Waals surface area contributed by atoms with Crippen LogP contribution in [0.15, 0.2) is 81.9 Å². The first-order chi connectivity index (χ1) is 11.8. The lowest BCUT2D eigenvalue weighted by atomic mass is 10.1.